The number of nitrogens with one attached hydrogen (secondary N) is 1. The molecule has 1 N–H and O–H groups in total. The lowest BCUT2D eigenvalue weighted by Crippen LogP contribution is -2.20. The van der Waals surface area contributed by atoms with Gasteiger partial charge in [-0.05, 0) is 43.0 Å². The molecule has 1 aliphatic carbocycles. The van der Waals surface area contributed by atoms with Gasteiger partial charge < -0.3 is 5.32 Å². The number of rotatable bonds is 4. The van der Waals surface area contributed by atoms with Gasteiger partial charge in [0.1, 0.15) is 0 Å². The number of hydrogen-bond acceptors (Lipinski definition) is 2. The van der Waals surface area contributed by atoms with Crippen molar-refractivity contribution in [1.82, 2.24) is 10.3 Å². The van der Waals surface area contributed by atoms with Crippen molar-refractivity contribution in [2.45, 2.75) is 32.2 Å². The van der Waals surface area contributed by atoms with E-state index in [2.05, 4.69) is 34.6 Å². The predicted octanol–water partition coefficient (Wildman–Crippen LogP) is 3.51. The van der Waals surface area contributed by atoms with Crippen LogP contribution in [0.1, 0.15) is 31.2 Å². The van der Waals surface area contributed by atoms with Gasteiger partial charge in [0.15, 0.2) is 0 Å². The number of benzene rings is 1. The molecule has 0 aliphatic heterocycles. The minimum Gasteiger partial charge on any atom is -0.312 e. The van der Waals surface area contributed by atoms with Gasteiger partial charge in [0, 0.05) is 18.1 Å². The van der Waals surface area contributed by atoms with E-state index in [0.717, 1.165) is 24.5 Å². The molecule has 0 amide bonds. The van der Waals surface area contributed by atoms with Gasteiger partial charge in [-0.1, -0.05) is 31.0 Å². The zero-order valence-corrected chi connectivity index (χ0v) is 10.7. The summed E-state index contributed by atoms with van der Waals surface area (Å²) in [5, 5.41) is 4.88. The summed E-state index contributed by atoms with van der Waals surface area (Å²) in [6.45, 7) is 2.12. The van der Waals surface area contributed by atoms with Gasteiger partial charge in [0.2, 0.25) is 0 Å². The fourth-order valence-corrected chi connectivity index (χ4v) is 2.93. The quantitative estimate of drug-likeness (QED) is 0.884. The van der Waals surface area contributed by atoms with Crippen molar-refractivity contribution in [3.8, 4) is 0 Å². The molecule has 0 unspecified atom stereocenters. The molecule has 1 aromatic heterocycles. The maximum absolute atomic E-state index is 4.40. The lowest BCUT2D eigenvalue weighted by Gasteiger charge is -2.11. The minimum absolute atomic E-state index is 0.901. The third kappa shape index (κ3) is 2.54. The van der Waals surface area contributed by atoms with E-state index in [1.54, 1.807) is 0 Å². The second kappa shape index (κ2) is 5.49. The molecule has 3 rings (SSSR count). The van der Waals surface area contributed by atoms with Crippen LogP contribution in [0.5, 0.6) is 0 Å². The van der Waals surface area contributed by atoms with E-state index in [0.29, 0.717) is 0 Å². The van der Waals surface area contributed by atoms with Crippen molar-refractivity contribution in [1.29, 1.82) is 0 Å². The minimum atomic E-state index is 0.901. The Morgan fingerprint density at radius 3 is 2.83 bits per heavy atom. The van der Waals surface area contributed by atoms with E-state index in [1.165, 1.54) is 36.6 Å². The van der Waals surface area contributed by atoms with Crippen LogP contribution in [0.3, 0.4) is 0 Å². The summed E-state index contributed by atoms with van der Waals surface area (Å²) in [6, 6.07) is 10.5. The van der Waals surface area contributed by atoms with Crippen molar-refractivity contribution in [2.75, 3.05) is 6.54 Å². The topological polar surface area (TPSA) is 24.9 Å². The van der Waals surface area contributed by atoms with Gasteiger partial charge in [-0.25, -0.2) is 0 Å². The molecule has 0 spiro atoms. The van der Waals surface area contributed by atoms with Gasteiger partial charge in [-0.2, -0.15) is 0 Å². The first kappa shape index (κ1) is 11.7. The van der Waals surface area contributed by atoms with E-state index < -0.39 is 0 Å². The number of para-hydroxylation sites is 1. The van der Waals surface area contributed by atoms with Crippen LogP contribution in [0.15, 0.2) is 36.5 Å². The summed E-state index contributed by atoms with van der Waals surface area (Å²) in [4.78, 5) is 4.40. The highest BCUT2D eigenvalue weighted by molar-refractivity contribution is 5.81. The van der Waals surface area contributed by atoms with E-state index in [-0.39, 0.29) is 0 Å². The van der Waals surface area contributed by atoms with Crippen LogP contribution < -0.4 is 5.32 Å². The molecule has 0 atom stereocenters. The lowest BCUT2D eigenvalue weighted by molar-refractivity contribution is 0.490. The zero-order chi connectivity index (χ0) is 12.2. The molecular weight excluding hydrogens is 220 g/mol. The SMILES string of the molecule is c1ccc2c(CNCC3CCCC3)ccnc2c1. The van der Waals surface area contributed by atoms with Crippen LogP contribution in [0.4, 0.5) is 0 Å². The maximum atomic E-state index is 4.40. The van der Waals surface area contributed by atoms with Gasteiger partial charge in [0.05, 0.1) is 5.52 Å². The van der Waals surface area contributed by atoms with Gasteiger partial charge in [-0.3, -0.25) is 4.98 Å². The Balaban J connectivity index is 1.66. The molecule has 2 nitrogen and oxygen atoms in total. The van der Waals surface area contributed by atoms with Crippen molar-refractivity contribution < 1.29 is 0 Å². The maximum Gasteiger partial charge on any atom is 0.0705 e. The third-order valence-corrected chi connectivity index (χ3v) is 3.96. The highest BCUT2D eigenvalue weighted by Gasteiger charge is 2.14. The van der Waals surface area contributed by atoms with Gasteiger partial charge in [-0.15, -0.1) is 0 Å². The summed E-state index contributed by atoms with van der Waals surface area (Å²) >= 11 is 0. The molecule has 18 heavy (non-hydrogen) atoms. The lowest BCUT2D eigenvalue weighted by atomic mass is 10.1. The molecule has 94 valence electrons. The molecule has 1 aromatic carbocycles. The Labute approximate surface area is 108 Å². The number of aromatic nitrogens is 1. The summed E-state index contributed by atoms with van der Waals surface area (Å²) < 4.78 is 0. The van der Waals surface area contributed by atoms with Gasteiger partial charge in [0.25, 0.3) is 0 Å². The summed E-state index contributed by atoms with van der Waals surface area (Å²) in [5.41, 5.74) is 2.45. The van der Waals surface area contributed by atoms with E-state index in [9.17, 15) is 0 Å². The first-order valence-corrected chi connectivity index (χ1v) is 6.97. The standard InChI is InChI=1S/C16H20N2/c1-2-6-13(5-1)11-17-12-14-9-10-18-16-8-4-3-7-15(14)16/h3-4,7-10,13,17H,1-2,5-6,11-12H2. The summed E-state index contributed by atoms with van der Waals surface area (Å²) in [7, 11) is 0. The fraction of sp³-hybridized carbons (Fsp3) is 0.438. The first-order chi connectivity index (χ1) is 8.93. The Hall–Kier alpha value is -1.41. The summed E-state index contributed by atoms with van der Waals surface area (Å²) in [5.74, 6) is 0.901. The number of fused-ring (bicyclic) bond motifs is 1. The van der Waals surface area contributed by atoms with Gasteiger partial charge >= 0.3 is 0 Å². The molecular formula is C16H20N2. The van der Waals surface area contributed by atoms with E-state index in [1.807, 2.05) is 12.3 Å². The molecule has 2 heteroatoms. The normalized spacial score (nSPS) is 16.4. The van der Waals surface area contributed by atoms with Crippen LogP contribution in [0, 0.1) is 5.92 Å². The smallest absolute Gasteiger partial charge is 0.0705 e. The number of hydrogen-bond donors (Lipinski definition) is 1. The second-order valence-electron chi connectivity index (χ2n) is 5.27. The van der Waals surface area contributed by atoms with Crippen LogP contribution in [-0.2, 0) is 6.54 Å². The Kier molecular flexibility index (Phi) is 3.56. The Morgan fingerprint density at radius 2 is 1.94 bits per heavy atom. The average Bonchev–Trinajstić information content (AvgIpc) is 2.92. The third-order valence-electron chi connectivity index (χ3n) is 3.96. The highest BCUT2D eigenvalue weighted by Crippen LogP contribution is 2.24. The molecule has 1 saturated carbocycles. The van der Waals surface area contributed by atoms with Crippen molar-refractivity contribution in [3.05, 3.63) is 42.1 Å². The van der Waals surface area contributed by atoms with Crippen LogP contribution in [0.2, 0.25) is 0 Å². The zero-order valence-electron chi connectivity index (χ0n) is 10.7. The molecule has 1 heterocycles. The number of nitrogens with zero attached hydrogens (tertiary/aromatic N) is 1. The van der Waals surface area contributed by atoms with Crippen molar-refractivity contribution >= 4 is 10.9 Å². The Morgan fingerprint density at radius 1 is 1.11 bits per heavy atom. The second-order valence-corrected chi connectivity index (χ2v) is 5.27. The molecule has 0 saturated heterocycles. The largest absolute Gasteiger partial charge is 0.312 e. The molecule has 1 aliphatic rings. The highest BCUT2D eigenvalue weighted by atomic mass is 14.9. The fourth-order valence-electron chi connectivity index (χ4n) is 2.93. The molecule has 1 fully saturated rings. The van der Waals surface area contributed by atoms with Crippen LogP contribution in [-0.4, -0.2) is 11.5 Å². The summed E-state index contributed by atoms with van der Waals surface area (Å²) in [6.07, 6.45) is 7.57. The van der Waals surface area contributed by atoms with Crippen molar-refractivity contribution in [2.24, 2.45) is 5.92 Å². The van der Waals surface area contributed by atoms with Crippen molar-refractivity contribution in [3.63, 3.8) is 0 Å². The predicted molar refractivity (Wildman–Crippen MR) is 75.4 cm³/mol. The molecule has 0 bridgehead atoms. The Bertz CT molecular complexity index is 510. The van der Waals surface area contributed by atoms with Crippen LogP contribution in [0.25, 0.3) is 10.9 Å². The first-order valence-electron chi connectivity index (χ1n) is 6.97. The van der Waals surface area contributed by atoms with E-state index >= 15 is 0 Å². The van der Waals surface area contributed by atoms with E-state index in [4.69, 9.17) is 0 Å². The monoisotopic (exact) mass is 240 g/mol. The van der Waals surface area contributed by atoms with Crippen LogP contribution >= 0.6 is 0 Å². The number of pyridine rings is 1. The molecule has 0 radical (unpaired) electrons. The average molecular weight is 240 g/mol. The molecule has 2 aromatic rings.